The highest BCUT2D eigenvalue weighted by molar-refractivity contribution is 5.99. The van der Waals surface area contributed by atoms with Crippen molar-refractivity contribution in [1.29, 1.82) is 0 Å². The van der Waals surface area contributed by atoms with Crippen molar-refractivity contribution in [3.63, 3.8) is 0 Å². The Balaban J connectivity index is 2.25. The average Bonchev–Trinajstić information content (AvgIpc) is 2.82. The summed E-state index contributed by atoms with van der Waals surface area (Å²) in [6, 6.07) is 6.19. The third-order valence-corrected chi connectivity index (χ3v) is 2.59. The predicted octanol–water partition coefficient (Wildman–Crippen LogP) is 2.66. The lowest BCUT2D eigenvalue weighted by atomic mass is 10.1. The third kappa shape index (κ3) is 1.48. The molecule has 1 nitrogen and oxygen atoms in total. The fraction of sp³-hybridized carbons (Fsp3) is 0.364. The molecule has 2 rings (SSSR count). The molecule has 1 aliphatic rings. The Bertz CT molecular complexity index is 346. The van der Waals surface area contributed by atoms with Gasteiger partial charge in [-0.1, -0.05) is 19.1 Å². The molecule has 0 heterocycles. The van der Waals surface area contributed by atoms with Crippen molar-refractivity contribution < 1.29 is 9.18 Å². The Morgan fingerprint density at radius 1 is 1.46 bits per heavy atom. The number of Topliss-reactive ketones (excluding diaryl/α,β-unsaturated/α-hetero) is 1. The molecule has 13 heavy (non-hydrogen) atoms. The van der Waals surface area contributed by atoms with Gasteiger partial charge in [-0.25, -0.2) is 4.39 Å². The van der Waals surface area contributed by atoms with Gasteiger partial charge in [0.25, 0.3) is 0 Å². The Morgan fingerprint density at radius 3 is 2.62 bits per heavy atom. The third-order valence-electron chi connectivity index (χ3n) is 2.59. The number of carbonyl (C=O) groups excluding carboxylic acids is 1. The van der Waals surface area contributed by atoms with Crippen molar-refractivity contribution in [1.82, 2.24) is 0 Å². The van der Waals surface area contributed by atoms with Crippen molar-refractivity contribution in [3.05, 3.63) is 35.6 Å². The maximum atomic E-state index is 13.1. The minimum Gasteiger partial charge on any atom is -0.294 e. The smallest absolute Gasteiger partial charge is 0.169 e. The molecule has 0 N–H and O–H groups in total. The zero-order valence-corrected chi connectivity index (χ0v) is 7.46. The van der Waals surface area contributed by atoms with Gasteiger partial charge in [-0.15, -0.1) is 0 Å². The lowest BCUT2D eigenvalue weighted by Gasteiger charge is -1.99. The van der Waals surface area contributed by atoms with Gasteiger partial charge in [0.2, 0.25) is 0 Å². The van der Waals surface area contributed by atoms with E-state index in [4.69, 9.17) is 0 Å². The van der Waals surface area contributed by atoms with Crippen LogP contribution in [-0.4, -0.2) is 5.78 Å². The van der Waals surface area contributed by atoms with Crippen molar-refractivity contribution >= 4 is 5.78 Å². The molecular weight excluding hydrogens is 167 g/mol. The Kier molecular flexibility index (Phi) is 1.91. The monoisotopic (exact) mass is 178 g/mol. The summed E-state index contributed by atoms with van der Waals surface area (Å²) in [5.74, 6) is 0.0706. The molecule has 68 valence electrons. The van der Waals surface area contributed by atoms with Gasteiger partial charge in [-0.3, -0.25) is 4.79 Å². The SMILES string of the molecule is CC1CC1C(=O)c1ccccc1F. The first kappa shape index (κ1) is 8.42. The molecule has 0 amide bonds. The van der Waals surface area contributed by atoms with Gasteiger partial charge in [0.05, 0.1) is 5.56 Å². The van der Waals surface area contributed by atoms with Crippen molar-refractivity contribution in [3.8, 4) is 0 Å². The first-order valence-electron chi connectivity index (χ1n) is 4.49. The van der Waals surface area contributed by atoms with E-state index in [-0.39, 0.29) is 17.3 Å². The number of carbonyl (C=O) groups is 1. The molecule has 2 atom stereocenters. The van der Waals surface area contributed by atoms with Gasteiger partial charge < -0.3 is 0 Å². The lowest BCUT2D eigenvalue weighted by Crippen LogP contribution is -2.05. The van der Waals surface area contributed by atoms with Crippen LogP contribution in [0.1, 0.15) is 23.7 Å². The van der Waals surface area contributed by atoms with Crippen LogP contribution in [0.25, 0.3) is 0 Å². The second-order valence-electron chi connectivity index (χ2n) is 3.66. The number of halogens is 1. The first-order chi connectivity index (χ1) is 6.20. The first-order valence-corrected chi connectivity index (χ1v) is 4.49. The van der Waals surface area contributed by atoms with Crippen LogP contribution in [0.15, 0.2) is 24.3 Å². The molecule has 2 heteroatoms. The largest absolute Gasteiger partial charge is 0.294 e. The summed E-state index contributed by atoms with van der Waals surface area (Å²) in [7, 11) is 0. The molecule has 0 aliphatic heterocycles. The number of ketones is 1. The van der Waals surface area contributed by atoms with E-state index in [1.807, 2.05) is 6.92 Å². The Morgan fingerprint density at radius 2 is 2.08 bits per heavy atom. The van der Waals surface area contributed by atoms with E-state index in [1.54, 1.807) is 18.2 Å². The van der Waals surface area contributed by atoms with E-state index in [0.717, 1.165) is 6.42 Å². The maximum absolute atomic E-state index is 13.1. The highest BCUT2D eigenvalue weighted by Gasteiger charge is 2.40. The van der Waals surface area contributed by atoms with Gasteiger partial charge in [-0.05, 0) is 24.5 Å². The van der Waals surface area contributed by atoms with E-state index in [2.05, 4.69) is 0 Å². The zero-order chi connectivity index (χ0) is 9.42. The standard InChI is InChI=1S/C11H11FO/c1-7-6-9(7)11(13)8-4-2-3-5-10(8)12/h2-5,7,9H,6H2,1H3. The summed E-state index contributed by atoms with van der Waals surface area (Å²) in [5, 5.41) is 0. The van der Waals surface area contributed by atoms with Gasteiger partial charge >= 0.3 is 0 Å². The minimum atomic E-state index is -0.397. The summed E-state index contributed by atoms with van der Waals surface area (Å²) in [5.41, 5.74) is 0.247. The van der Waals surface area contributed by atoms with Crippen molar-refractivity contribution in [2.75, 3.05) is 0 Å². The van der Waals surface area contributed by atoms with Crippen LogP contribution in [0, 0.1) is 17.7 Å². The van der Waals surface area contributed by atoms with Crippen LogP contribution >= 0.6 is 0 Å². The fourth-order valence-corrected chi connectivity index (χ4v) is 1.55. The van der Waals surface area contributed by atoms with Gasteiger partial charge in [0.1, 0.15) is 5.82 Å². The molecule has 1 saturated carbocycles. The Hall–Kier alpha value is -1.18. The molecule has 1 aliphatic carbocycles. The van der Waals surface area contributed by atoms with Crippen LogP contribution in [0.2, 0.25) is 0 Å². The van der Waals surface area contributed by atoms with E-state index in [0.29, 0.717) is 5.92 Å². The van der Waals surface area contributed by atoms with E-state index < -0.39 is 5.82 Å². The molecule has 2 unspecified atom stereocenters. The molecule has 1 aromatic rings. The molecule has 1 aromatic carbocycles. The van der Waals surface area contributed by atoms with E-state index in [1.165, 1.54) is 6.07 Å². The van der Waals surface area contributed by atoms with Gasteiger partial charge in [-0.2, -0.15) is 0 Å². The average molecular weight is 178 g/mol. The van der Waals surface area contributed by atoms with Crippen LogP contribution in [0.5, 0.6) is 0 Å². The molecule has 0 bridgehead atoms. The number of hydrogen-bond acceptors (Lipinski definition) is 1. The number of benzene rings is 1. The van der Waals surface area contributed by atoms with Crippen LogP contribution in [-0.2, 0) is 0 Å². The summed E-state index contributed by atoms with van der Waals surface area (Å²) < 4.78 is 13.1. The molecule has 0 radical (unpaired) electrons. The highest BCUT2D eigenvalue weighted by Crippen LogP contribution is 2.40. The van der Waals surface area contributed by atoms with Crippen LogP contribution < -0.4 is 0 Å². The van der Waals surface area contributed by atoms with Crippen LogP contribution in [0.4, 0.5) is 4.39 Å². The zero-order valence-electron chi connectivity index (χ0n) is 7.46. The second-order valence-corrected chi connectivity index (χ2v) is 3.66. The summed E-state index contributed by atoms with van der Waals surface area (Å²) in [6.07, 6.45) is 0.910. The highest BCUT2D eigenvalue weighted by atomic mass is 19.1. The van der Waals surface area contributed by atoms with Gasteiger partial charge in [0.15, 0.2) is 5.78 Å². The second kappa shape index (κ2) is 2.95. The normalized spacial score (nSPS) is 25.7. The molecule has 0 aromatic heterocycles. The van der Waals surface area contributed by atoms with Crippen LogP contribution in [0.3, 0.4) is 0 Å². The van der Waals surface area contributed by atoms with Gasteiger partial charge in [0, 0.05) is 5.92 Å². The van der Waals surface area contributed by atoms with E-state index in [9.17, 15) is 9.18 Å². The van der Waals surface area contributed by atoms with Crippen molar-refractivity contribution in [2.45, 2.75) is 13.3 Å². The Labute approximate surface area is 76.6 Å². The molecule has 0 spiro atoms. The lowest BCUT2D eigenvalue weighted by molar-refractivity contribution is 0.0958. The van der Waals surface area contributed by atoms with Crippen molar-refractivity contribution in [2.24, 2.45) is 11.8 Å². The fourth-order valence-electron chi connectivity index (χ4n) is 1.55. The summed E-state index contributed by atoms with van der Waals surface area (Å²) in [6.45, 7) is 2.02. The molecule has 0 saturated heterocycles. The number of rotatable bonds is 2. The maximum Gasteiger partial charge on any atom is 0.169 e. The molecular formula is C11H11FO. The quantitative estimate of drug-likeness (QED) is 0.636. The molecule has 1 fully saturated rings. The topological polar surface area (TPSA) is 17.1 Å². The predicted molar refractivity (Wildman–Crippen MR) is 48.0 cm³/mol. The summed E-state index contributed by atoms with van der Waals surface area (Å²) >= 11 is 0. The minimum absolute atomic E-state index is 0.0365. The number of hydrogen-bond donors (Lipinski definition) is 0. The summed E-state index contributed by atoms with van der Waals surface area (Å²) in [4.78, 5) is 11.6. The van der Waals surface area contributed by atoms with E-state index >= 15 is 0 Å².